The van der Waals surface area contributed by atoms with Gasteiger partial charge in [-0.3, -0.25) is 4.79 Å². The van der Waals surface area contributed by atoms with Gasteiger partial charge in [-0.1, -0.05) is 30.3 Å². The molecule has 0 bridgehead atoms. The van der Waals surface area contributed by atoms with Crippen molar-refractivity contribution in [1.29, 1.82) is 0 Å². The largest absolute Gasteiger partial charge is 0.340 e. The van der Waals surface area contributed by atoms with Crippen molar-refractivity contribution < 1.29 is 4.79 Å². The average Bonchev–Trinajstić information content (AvgIpc) is 3.57. The summed E-state index contributed by atoms with van der Waals surface area (Å²) in [6.45, 7) is 2.74. The highest BCUT2D eigenvalue weighted by atomic mass is 32.1. The van der Waals surface area contributed by atoms with Gasteiger partial charge in [0.25, 0.3) is 5.91 Å². The zero-order valence-corrected chi connectivity index (χ0v) is 17.9. The van der Waals surface area contributed by atoms with E-state index in [1.807, 2.05) is 77.2 Å². The summed E-state index contributed by atoms with van der Waals surface area (Å²) in [5.74, 6) is 0.947. The van der Waals surface area contributed by atoms with E-state index in [1.54, 1.807) is 0 Å². The Labute approximate surface area is 183 Å². The molecule has 31 heavy (non-hydrogen) atoms. The van der Waals surface area contributed by atoms with Crippen LogP contribution in [-0.2, 0) is 0 Å². The molecule has 1 unspecified atom stereocenters. The normalized spacial score (nSPS) is 16.5. The number of likely N-dealkylation sites (tertiary alicyclic amines) is 1. The molecule has 5 aromatic rings. The summed E-state index contributed by atoms with van der Waals surface area (Å²) in [6.07, 6.45) is 1.91. The number of thiophene rings is 1. The van der Waals surface area contributed by atoms with E-state index in [1.165, 1.54) is 11.3 Å². The van der Waals surface area contributed by atoms with Crippen molar-refractivity contribution in [3.8, 4) is 5.69 Å². The highest BCUT2D eigenvalue weighted by Crippen LogP contribution is 2.36. The lowest BCUT2D eigenvalue weighted by atomic mass is 10.2. The van der Waals surface area contributed by atoms with Gasteiger partial charge in [-0.15, -0.1) is 11.3 Å². The van der Waals surface area contributed by atoms with Crippen molar-refractivity contribution in [2.24, 2.45) is 0 Å². The fourth-order valence-electron chi connectivity index (χ4n) is 4.46. The fraction of sp³-hybridized carbons (Fsp3) is 0.208. The maximum absolute atomic E-state index is 13.5. The third-order valence-electron chi connectivity index (χ3n) is 5.99. The summed E-state index contributed by atoms with van der Waals surface area (Å²) < 4.78 is 1.94. The topological polar surface area (TPSA) is 66.8 Å². The number of H-pyrrole nitrogens is 1. The van der Waals surface area contributed by atoms with Gasteiger partial charge in [0.1, 0.15) is 10.7 Å². The van der Waals surface area contributed by atoms with E-state index in [2.05, 4.69) is 4.98 Å². The number of para-hydroxylation sites is 3. The van der Waals surface area contributed by atoms with Gasteiger partial charge in [0.15, 0.2) is 0 Å². The molecule has 1 fully saturated rings. The zero-order chi connectivity index (χ0) is 20.9. The van der Waals surface area contributed by atoms with Gasteiger partial charge in [0.2, 0.25) is 0 Å². The van der Waals surface area contributed by atoms with Gasteiger partial charge in [-0.05, 0) is 50.1 Å². The lowest BCUT2D eigenvalue weighted by Gasteiger charge is -2.22. The highest BCUT2D eigenvalue weighted by Gasteiger charge is 2.34. The number of nitrogens with zero attached hydrogens (tertiary/aromatic N) is 4. The second-order valence-electron chi connectivity index (χ2n) is 7.96. The number of hydrogen-bond acceptors (Lipinski definition) is 4. The molecule has 0 spiro atoms. The molecule has 0 aliphatic carbocycles. The Hall–Kier alpha value is -3.45. The monoisotopic (exact) mass is 427 g/mol. The van der Waals surface area contributed by atoms with Crippen molar-refractivity contribution in [3.63, 3.8) is 0 Å². The minimum Gasteiger partial charge on any atom is -0.340 e. The molecule has 1 saturated heterocycles. The SMILES string of the molecule is Cc1nn(-c2ccccc2)c2sc(C(=O)N3CCCC3c3nc4ccccc4[nH]3)cc12. The van der Waals surface area contributed by atoms with Crippen molar-refractivity contribution in [3.05, 3.63) is 77.1 Å². The standard InChI is InChI=1S/C24H21N5OS/c1-15-17-14-21(31-24(17)29(27-15)16-8-3-2-4-9-16)23(30)28-13-7-12-20(28)22-25-18-10-5-6-11-19(18)26-22/h2-6,8-11,14,20H,7,12-13H2,1H3,(H,25,26). The number of carbonyl (C=O) groups excluding carboxylic acids is 1. The molecule has 3 aromatic heterocycles. The fourth-order valence-corrected chi connectivity index (χ4v) is 5.60. The van der Waals surface area contributed by atoms with E-state index in [0.717, 1.165) is 62.7 Å². The molecule has 1 N–H and O–H groups in total. The molecule has 6 nitrogen and oxygen atoms in total. The van der Waals surface area contributed by atoms with Crippen LogP contribution in [0.2, 0.25) is 0 Å². The Morgan fingerprint density at radius 2 is 1.94 bits per heavy atom. The quantitative estimate of drug-likeness (QED) is 0.428. The van der Waals surface area contributed by atoms with Gasteiger partial charge >= 0.3 is 0 Å². The number of amides is 1. The van der Waals surface area contributed by atoms with Crippen LogP contribution in [0.4, 0.5) is 0 Å². The van der Waals surface area contributed by atoms with E-state index in [9.17, 15) is 4.79 Å². The Kier molecular flexibility index (Phi) is 4.17. The zero-order valence-electron chi connectivity index (χ0n) is 17.1. The summed E-state index contributed by atoms with van der Waals surface area (Å²) in [5.41, 5.74) is 3.89. The minimum atomic E-state index is -0.0168. The van der Waals surface area contributed by atoms with Gasteiger partial charge < -0.3 is 9.88 Å². The first kappa shape index (κ1) is 18.3. The first-order valence-electron chi connectivity index (χ1n) is 10.5. The number of hydrogen-bond donors (Lipinski definition) is 1. The van der Waals surface area contributed by atoms with Crippen LogP contribution in [0.5, 0.6) is 0 Å². The Morgan fingerprint density at radius 1 is 1.13 bits per heavy atom. The van der Waals surface area contributed by atoms with E-state index in [0.29, 0.717) is 0 Å². The van der Waals surface area contributed by atoms with Crippen LogP contribution in [0.25, 0.3) is 26.9 Å². The Morgan fingerprint density at radius 3 is 2.77 bits per heavy atom. The van der Waals surface area contributed by atoms with E-state index in [-0.39, 0.29) is 11.9 Å². The molecule has 0 radical (unpaired) electrons. The lowest BCUT2D eigenvalue weighted by molar-refractivity contribution is 0.0735. The predicted molar refractivity (Wildman–Crippen MR) is 123 cm³/mol. The van der Waals surface area contributed by atoms with Gasteiger partial charge in [-0.2, -0.15) is 5.10 Å². The van der Waals surface area contributed by atoms with Crippen molar-refractivity contribution in [2.75, 3.05) is 6.54 Å². The maximum atomic E-state index is 13.5. The molecule has 1 aliphatic rings. The summed E-state index contributed by atoms with van der Waals surface area (Å²) >= 11 is 1.52. The third-order valence-corrected chi connectivity index (χ3v) is 7.09. The maximum Gasteiger partial charge on any atom is 0.264 e. The molecule has 7 heteroatoms. The highest BCUT2D eigenvalue weighted by molar-refractivity contribution is 7.20. The molecule has 0 saturated carbocycles. The predicted octanol–water partition coefficient (Wildman–Crippen LogP) is 5.25. The smallest absolute Gasteiger partial charge is 0.264 e. The average molecular weight is 428 g/mol. The summed E-state index contributed by atoms with van der Waals surface area (Å²) in [6, 6.07) is 20.0. The van der Waals surface area contributed by atoms with Crippen LogP contribution in [-0.4, -0.2) is 37.1 Å². The van der Waals surface area contributed by atoms with Crippen LogP contribution in [0.15, 0.2) is 60.7 Å². The number of benzene rings is 2. The number of rotatable bonds is 3. The molecule has 4 heterocycles. The van der Waals surface area contributed by atoms with Gasteiger partial charge in [-0.25, -0.2) is 9.67 Å². The molecular weight excluding hydrogens is 406 g/mol. The molecule has 154 valence electrons. The number of nitrogens with one attached hydrogen (secondary N) is 1. The van der Waals surface area contributed by atoms with Crippen LogP contribution in [0.3, 0.4) is 0 Å². The Balaban J connectivity index is 1.37. The van der Waals surface area contributed by atoms with Gasteiger partial charge in [0.05, 0.1) is 33.3 Å². The van der Waals surface area contributed by atoms with E-state index in [4.69, 9.17) is 10.1 Å². The first-order valence-corrected chi connectivity index (χ1v) is 11.3. The Bertz CT molecular complexity index is 1380. The van der Waals surface area contributed by atoms with Crippen LogP contribution < -0.4 is 0 Å². The van der Waals surface area contributed by atoms with Crippen LogP contribution in [0, 0.1) is 6.92 Å². The van der Waals surface area contributed by atoms with Gasteiger partial charge in [0, 0.05) is 11.9 Å². The number of aromatic nitrogens is 4. The van der Waals surface area contributed by atoms with E-state index >= 15 is 0 Å². The summed E-state index contributed by atoms with van der Waals surface area (Å²) in [5, 5.41) is 5.73. The number of carbonyl (C=O) groups is 1. The summed E-state index contributed by atoms with van der Waals surface area (Å²) in [7, 11) is 0. The minimum absolute atomic E-state index is 0.0168. The lowest BCUT2D eigenvalue weighted by Crippen LogP contribution is -2.30. The van der Waals surface area contributed by atoms with Crippen LogP contribution in [0.1, 0.15) is 40.1 Å². The first-order chi connectivity index (χ1) is 15.2. The number of aromatic amines is 1. The molecule has 1 atom stereocenters. The third kappa shape index (κ3) is 2.96. The molecule has 1 amide bonds. The van der Waals surface area contributed by atoms with Crippen molar-refractivity contribution in [1.82, 2.24) is 24.6 Å². The molecule has 1 aliphatic heterocycles. The number of aryl methyl sites for hydroxylation is 1. The molecular formula is C24H21N5OS. The second-order valence-corrected chi connectivity index (χ2v) is 8.99. The summed E-state index contributed by atoms with van der Waals surface area (Å²) in [4.78, 5) is 25.4. The number of imidazole rings is 1. The van der Waals surface area contributed by atoms with E-state index < -0.39 is 0 Å². The van der Waals surface area contributed by atoms with Crippen molar-refractivity contribution in [2.45, 2.75) is 25.8 Å². The molecule has 6 rings (SSSR count). The number of fused-ring (bicyclic) bond motifs is 2. The van der Waals surface area contributed by atoms with Crippen LogP contribution >= 0.6 is 11.3 Å². The second kappa shape index (κ2) is 7.06. The van der Waals surface area contributed by atoms with Crippen molar-refractivity contribution >= 4 is 38.5 Å². The molecule has 2 aromatic carbocycles.